The number of fused-ring (bicyclic) bond motifs is 1. The van der Waals surface area contributed by atoms with Gasteiger partial charge in [0.15, 0.2) is 0 Å². The molecular weight excluding hydrogens is 394 g/mol. The van der Waals surface area contributed by atoms with E-state index in [0.29, 0.717) is 12.1 Å². The van der Waals surface area contributed by atoms with Gasteiger partial charge in [0.25, 0.3) is 0 Å². The van der Waals surface area contributed by atoms with Crippen molar-refractivity contribution in [2.24, 2.45) is 0 Å². The van der Waals surface area contributed by atoms with Gasteiger partial charge in [-0.05, 0) is 54.8 Å². The summed E-state index contributed by atoms with van der Waals surface area (Å²) in [5.41, 5.74) is 2.94. The molecule has 0 atom stereocenters. The molecule has 5 rings (SSSR count). The highest BCUT2D eigenvalue weighted by molar-refractivity contribution is 7.11. The zero-order valence-corrected chi connectivity index (χ0v) is 17.7. The molecule has 0 radical (unpaired) electrons. The second-order valence-corrected chi connectivity index (χ2v) is 8.94. The van der Waals surface area contributed by atoms with Gasteiger partial charge in [-0.15, -0.1) is 11.3 Å². The van der Waals surface area contributed by atoms with Gasteiger partial charge in [-0.2, -0.15) is 5.26 Å². The Balaban J connectivity index is 1.33. The minimum Gasteiger partial charge on any atom is -0.379 e. The van der Waals surface area contributed by atoms with Crippen molar-refractivity contribution in [2.75, 3.05) is 31.6 Å². The molecule has 1 saturated heterocycles. The summed E-state index contributed by atoms with van der Waals surface area (Å²) in [6.07, 6.45) is 6.36. The van der Waals surface area contributed by atoms with Gasteiger partial charge in [0.2, 0.25) is 0 Å². The quantitative estimate of drug-likeness (QED) is 0.680. The van der Waals surface area contributed by atoms with Crippen molar-refractivity contribution in [3.63, 3.8) is 0 Å². The molecule has 1 aliphatic carbocycles. The molecule has 2 aromatic heterocycles. The molecule has 0 spiro atoms. The molecule has 1 aromatic carbocycles. The standard InChI is InChI=1S/C23H25N5OS/c24-14-22-19(7-12-30-22)16-1-6-21-20(13-16)23(26-15-25-21)27-17-2-4-18(5-3-17)28-8-10-29-11-9-28/h1,6-7,12-13,15,17-18H,2-5,8-11H2,(H,25,26,27). The summed E-state index contributed by atoms with van der Waals surface area (Å²) in [6, 6.07) is 11.6. The molecule has 1 N–H and O–H groups in total. The maximum Gasteiger partial charge on any atom is 0.137 e. The number of hydrogen-bond acceptors (Lipinski definition) is 7. The molecule has 7 heteroatoms. The van der Waals surface area contributed by atoms with Crippen molar-refractivity contribution in [1.82, 2.24) is 14.9 Å². The number of morpholine rings is 1. The third-order valence-electron chi connectivity index (χ3n) is 6.31. The average molecular weight is 420 g/mol. The van der Waals surface area contributed by atoms with Gasteiger partial charge in [-0.3, -0.25) is 4.90 Å². The summed E-state index contributed by atoms with van der Waals surface area (Å²) in [7, 11) is 0. The van der Waals surface area contributed by atoms with Crippen LogP contribution in [0.5, 0.6) is 0 Å². The van der Waals surface area contributed by atoms with E-state index in [1.165, 1.54) is 24.2 Å². The van der Waals surface area contributed by atoms with Crippen molar-refractivity contribution in [2.45, 2.75) is 37.8 Å². The summed E-state index contributed by atoms with van der Waals surface area (Å²) in [6.45, 7) is 3.86. The van der Waals surface area contributed by atoms with Gasteiger partial charge in [0.05, 0.1) is 18.7 Å². The minimum atomic E-state index is 0.430. The summed E-state index contributed by atoms with van der Waals surface area (Å²) < 4.78 is 5.50. The highest BCUT2D eigenvalue weighted by Gasteiger charge is 2.27. The summed E-state index contributed by atoms with van der Waals surface area (Å²) >= 11 is 1.47. The Kier molecular flexibility index (Phi) is 5.63. The minimum absolute atomic E-state index is 0.430. The zero-order valence-electron chi connectivity index (χ0n) is 16.9. The van der Waals surface area contributed by atoms with Crippen LogP contribution < -0.4 is 5.32 Å². The Labute approximate surface area is 180 Å². The monoisotopic (exact) mass is 419 g/mol. The van der Waals surface area contributed by atoms with Crippen LogP contribution in [-0.2, 0) is 4.74 Å². The molecule has 3 heterocycles. The first-order valence-corrected chi connectivity index (χ1v) is 11.5. The molecule has 2 fully saturated rings. The predicted octanol–water partition coefficient (Wildman–Crippen LogP) is 4.29. The predicted molar refractivity (Wildman–Crippen MR) is 120 cm³/mol. The van der Waals surface area contributed by atoms with Gasteiger partial charge < -0.3 is 10.1 Å². The van der Waals surface area contributed by atoms with Crippen LogP contribution in [0.2, 0.25) is 0 Å². The van der Waals surface area contributed by atoms with Gasteiger partial charge in [-0.1, -0.05) is 6.07 Å². The Morgan fingerprint density at radius 1 is 1.10 bits per heavy atom. The van der Waals surface area contributed by atoms with Crippen LogP contribution in [0, 0.1) is 11.3 Å². The zero-order chi connectivity index (χ0) is 20.3. The largest absolute Gasteiger partial charge is 0.379 e. The summed E-state index contributed by atoms with van der Waals surface area (Å²) in [5, 5.41) is 16.1. The number of ether oxygens (including phenoxy) is 1. The third kappa shape index (κ3) is 3.91. The fourth-order valence-electron chi connectivity index (χ4n) is 4.68. The smallest absolute Gasteiger partial charge is 0.137 e. The van der Waals surface area contributed by atoms with E-state index in [4.69, 9.17) is 4.74 Å². The molecule has 6 nitrogen and oxygen atoms in total. The fourth-order valence-corrected chi connectivity index (χ4v) is 5.39. The maximum atomic E-state index is 9.38. The first-order chi connectivity index (χ1) is 14.8. The lowest BCUT2D eigenvalue weighted by Gasteiger charge is -2.39. The highest BCUT2D eigenvalue weighted by Crippen LogP contribution is 2.32. The lowest BCUT2D eigenvalue weighted by Crippen LogP contribution is -2.46. The number of nitriles is 1. The normalized spacial score (nSPS) is 22.6. The van der Waals surface area contributed by atoms with E-state index in [1.807, 2.05) is 23.6 Å². The molecule has 154 valence electrons. The van der Waals surface area contributed by atoms with E-state index in [9.17, 15) is 5.26 Å². The number of rotatable bonds is 4. The number of nitrogens with one attached hydrogen (secondary N) is 1. The van der Waals surface area contributed by atoms with Crippen molar-refractivity contribution < 1.29 is 4.74 Å². The lowest BCUT2D eigenvalue weighted by atomic mass is 9.90. The van der Waals surface area contributed by atoms with Crippen molar-refractivity contribution in [3.8, 4) is 17.2 Å². The first kappa shape index (κ1) is 19.4. The lowest BCUT2D eigenvalue weighted by molar-refractivity contribution is 0.00791. The molecule has 0 amide bonds. The van der Waals surface area contributed by atoms with E-state index in [1.54, 1.807) is 6.33 Å². The van der Waals surface area contributed by atoms with E-state index >= 15 is 0 Å². The van der Waals surface area contributed by atoms with Crippen LogP contribution in [0.1, 0.15) is 30.6 Å². The van der Waals surface area contributed by atoms with Gasteiger partial charge in [-0.25, -0.2) is 9.97 Å². The Bertz CT molecular complexity index is 1060. The van der Waals surface area contributed by atoms with E-state index in [-0.39, 0.29) is 0 Å². The van der Waals surface area contributed by atoms with Crippen LogP contribution in [0.4, 0.5) is 5.82 Å². The second-order valence-electron chi connectivity index (χ2n) is 8.03. The SMILES string of the molecule is N#Cc1sccc1-c1ccc2ncnc(NC3CCC(N4CCOCC4)CC3)c2c1. The van der Waals surface area contributed by atoms with Crippen molar-refractivity contribution in [3.05, 3.63) is 40.8 Å². The molecule has 1 aliphatic heterocycles. The van der Waals surface area contributed by atoms with E-state index in [2.05, 4.69) is 32.3 Å². The van der Waals surface area contributed by atoms with Crippen LogP contribution in [0.25, 0.3) is 22.0 Å². The molecule has 30 heavy (non-hydrogen) atoms. The number of nitrogens with zero attached hydrogens (tertiary/aromatic N) is 4. The molecule has 0 bridgehead atoms. The molecule has 2 aliphatic rings. The Hall–Kier alpha value is -2.53. The average Bonchev–Trinajstić information content (AvgIpc) is 3.29. The van der Waals surface area contributed by atoms with Crippen LogP contribution >= 0.6 is 11.3 Å². The Morgan fingerprint density at radius 3 is 2.73 bits per heavy atom. The van der Waals surface area contributed by atoms with Crippen LogP contribution in [0.3, 0.4) is 0 Å². The van der Waals surface area contributed by atoms with Gasteiger partial charge in [0, 0.05) is 36.1 Å². The molecule has 1 saturated carbocycles. The van der Waals surface area contributed by atoms with E-state index < -0.39 is 0 Å². The number of benzene rings is 1. The van der Waals surface area contributed by atoms with Gasteiger partial charge >= 0.3 is 0 Å². The number of thiophene rings is 1. The van der Waals surface area contributed by atoms with Crippen molar-refractivity contribution in [1.29, 1.82) is 5.26 Å². The molecule has 3 aromatic rings. The van der Waals surface area contributed by atoms with E-state index in [0.717, 1.165) is 71.9 Å². The fraction of sp³-hybridized carbons (Fsp3) is 0.435. The maximum absolute atomic E-state index is 9.38. The van der Waals surface area contributed by atoms with Crippen LogP contribution in [-0.4, -0.2) is 53.3 Å². The first-order valence-electron chi connectivity index (χ1n) is 10.6. The molecule has 0 unspecified atom stereocenters. The Morgan fingerprint density at radius 2 is 1.93 bits per heavy atom. The topological polar surface area (TPSA) is 74.1 Å². The molecular formula is C23H25N5OS. The second kappa shape index (κ2) is 8.68. The third-order valence-corrected chi connectivity index (χ3v) is 7.13. The number of hydrogen-bond donors (Lipinski definition) is 1. The van der Waals surface area contributed by atoms with Gasteiger partial charge in [0.1, 0.15) is 23.1 Å². The highest BCUT2D eigenvalue weighted by atomic mass is 32.1. The number of aromatic nitrogens is 2. The summed E-state index contributed by atoms with van der Waals surface area (Å²) in [4.78, 5) is 12.3. The summed E-state index contributed by atoms with van der Waals surface area (Å²) in [5.74, 6) is 0.894. The van der Waals surface area contributed by atoms with Crippen molar-refractivity contribution >= 4 is 28.1 Å². The van der Waals surface area contributed by atoms with Crippen LogP contribution in [0.15, 0.2) is 36.0 Å². The number of anilines is 1.